The monoisotopic (exact) mass is 276 g/mol. The van der Waals surface area contributed by atoms with E-state index in [0.717, 1.165) is 0 Å². The minimum atomic E-state index is -4.43. The Bertz CT molecular complexity index is 591. The molecular weight excluding hydrogens is 269 g/mol. The molecule has 0 aliphatic carbocycles. The second kappa shape index (κ2) is 4.53. The number of amides is 1. The molecule has 0 spiro atoms. The lowest BCUT2D eigenvalue weighted by molar-refractivity contribution is -0.123. The van der Waals surface area contributed by atoms with E-state index in [2.05, 4.69) is 4.98 Å². The topological polar surface area (TPSA) is 44.9 Å². The van der Waals surface area contributed by atoms with Crippen molar-refractivity contribution in [1.82, 2.24) is 10.3 Å². The molecule has 1 aromatic carbocycles. The summed E-state index contributed by atoms with van der Waals surface area (Å²) in [5.41, 5.74) is 0.702. The van der Waals surface area contributed by atoms with Crippen LogP contribution in [0.4, 0.5) is 13.2 Å². The molecule has 0 aliphatic rings. The first-order chi connectivity index (χ1) is 8.35. The van der Waals surface area contributed by atoms with Crippen LogP contribution in [-0.4, -0.2) is 23.6 Å². The number of rotatable bonds is 2. The van der Waals surface area contributed by atoms with Gasteiger partial charge in [0.15, 0.2) is 0 Å². The molecule has 0 saturated heterocycles. The highest BCUT2D eigenvalue weighted by Gasteiger charge is 2.28. The standard InChI is InChI=1S/C11H8ClF3N2O/c12-7-1-2-8-6(3-7)4-9(17-8)10(18)16-5-11(13,14)15/h1-4,17H,5H2,(H,16,18). The van der Waals surface area contributed by atoms with Gasteiger partial charge in [0.25, 0.3) is 5.91 Å². The number of alkyl halides is 3. The van der Waals surface area contributed by atoms with Gasteiger partial charge in [0.1, 0.15) is 12.2 Å². The van der Waals surface area contributed by atoms with Crippen LogP contribution in [-0.2, 0) is 0 Å². The van der Waals surface area contributed by atoms with Crippen molar-refractivity contribution in [3.05, 3.63) is 35.0 Å². The van der Waals surface area contributed by atoms with Gasteiger partial charge in [-0.15, -0.1) is 0 Å². The maximum Gasteiger partial charge on any atom is 0.405 e. The van der Waals surface area contributed by atoms with E-state index in [1.54, 1.807) is 23.5 Å². The molecule has 2 N–H and O–H groups in total. The molecule has 7 heteroatoms. The highest BCUT2D eigenvalue weighted by Crippen LogP contribution is 2.20. The van der Waals surface area contributed by atoms with E-state index in [1.165, 1.54) is 6.07 Å². The Morgan fingerprint density at radius 3 is 2.72 bits per heavy atom. The SMILES string of the molecule is O=C(NCC(F)(F)F)c1cc2cc(Cl)ccc2[nH]1. The number of carbonyl (C=O) groups is 1. The molecule has 0 unspecified atom stereocenters. The van der Waals surface area contributed by atoms with Gasteiger partial charge in [0, 0.05) is 15.9 Å². The molecule has 1 aromatic heterocycles. The van der Waals surface area contributed by atoms with Crippen LogP contribution in [0.1, 0.15) is 10.5 Å². The zero-order valence-corrected chi connectivity index (χ0v) is 9.69. The molecule has 0 radical (unpaired) electrons. The molecule has 18 heavy (non-hydrogen) atoms. The van der Waals surface area contributed by atoms with Crippen LogP contribution >= 0.6 is 11.6 Å². The van der Waals surface area contributed by atoms with Crippen molar-refractivity contribution in [2.45, 2.75) is 6.18 Å². The van der Waals surface area contributed by atoms with Gasteiger partial charge < -0.3 is 10.3 Å². The Hall–Kier alpha value is -1.69. The van der Waals surface area contributed by atoms with Gasteiger partial charge in [-0.05, 0) is 24.3 Å². The van der Waals surface area contributed by atoms with Crippen molar-refractivity contribution in [2.75, 3.05) is 6.54 Å². The van der Waals surface area contributed by atoms with Crippen molar-refractivity contribution >= 4 is 28.4 Å². The summed E-state index contributed by atoms with van der Waals surface area (Å²) in [6.07, 6.45) is -4.43. The highest BCUT2D eigenvalue weighted by atomic mass is 35.5. The third kappa shape index (κ3) is 2.95. The molecule has 1 heterocycles. The number of hydrogen-bond donors (Lipinski definition) is 2. The fourth-order valence-electron chi connectivity index (χ4n) is 1.50. The van der Waals surface area contributed by atoms with Crippen LogP contribution < -0.4 is 5.32 Å². The number of fused-ring (bicyclic) bond motifs is 1. The van der Waals surface area contributed by atoms with Crippen molar-refractivity contribution in [1.29, 1.82) is 0 Å². The summed E-state index contributed by atoms with van der Waals surface area (Å²) in [6, 6.07) is 6.34. The Balaban J connectivity index is 2.18. The molecule has 3 nitrogen and oxygen atoms in total. The number of hydrogen-bond acceptors (Lipinski definition) is 1. The van der Waals surface area contributed by atoms with Gasteiger partial charge in [0.05, 0.1) is 0 Å². The molecule has 0 atom stereocenters. The molecule has 0 bridgehead atoms. The zero-order valence-electron chi connectivity index (χ0n) is 8.94. The molecule has 0 aliphatic heterocycles. The quantitative estimate of drug-likeness (QED) is 0.870. The van der Waals surface area contributed by atoms with Gasteiger partial charge in [0.2, 0.25) is 0 Å². The molecule has 1 amide bonds. The first-order valence-electron chi connectivity index (χ1n) is 4.98. The Labute approximate surface area is 105 Å². The first-order valence-corrected chi connectivity index (χ1v) is 5.36. The molecule has 0 fully saturated rings. The Morgan fingerprint density at radius 1 is 1.33 bits per heavy atom. The lowest BCUT2D eigenvalue weighted by Gasteiger charge is -2.06. The predicted molar refractivity (Wildman–Crippen MR) is 61.7 cm³/mol. The van der Waals surface area contributed by atoms with Crippen molar-refractivity contribution in [3.8, 4) is 0 Å². The number of halogens is 4. The summed E-state index contributed by atoms with van der Waals surface area (Å²) >= 11 is 5.77. The van der Waals surface area contributed by atoms with Crippen LogP contribution in [0.3, 0.4) is 0 Å². The summed E-state index contributed by atoms with van der Waals surface area (Å²) in [4.78, 5) is 14.2. The second-order valence-corrected chi connectivity index (χ2v) is 4.15. The molecule has 2 aromatic rings. The fourth-order valence-corrected chi connectivity index (χ4v) is 1.68. The average Bonchev–Trinajstić information content (AvgIpc) is 2.67. The minimum Gasteiger partial charge on any atom is -0.351 e. The number of aromatic amines is 1. The minimum absolute atomic E-state index is 0.0662. The van der Waals surface area contributed by atoms with E-state index in [-0.39, 0.29) is 5.69 Å². The zero-order chi connectivity index (χ0) is 13.3. The summed E-state index contributed by atoms with van der Waals surface area (Å²) in [5, 5.41) is 2.94. The van der Waals surface area contributed by atoms with E-state index in [9.17, 15) is 18.0 Å². The average molecular weight is 277 g/mol. The molecular formula is C11H8ClF3N2O. The van der Waals surface area contributed by atoms with Crippen LogP contribution in [0.15, 0.2) is 24.3 Å². The highest BCUT2D eigenvalue weighted by molar-refractivity contribution is 6.31. The second-order valence-electron chi connectivity index (χ2n) is 3.71. The van der Waals surface area contributed by atoms with E-state index in [0.29, 0.717) is 15.9 Å². The lowest BCUT2D eigenvalue weighted by Crippen LogP contribution is -2.33. The molecule has 96 valence electrons. The summed E-state index contributed by atoms with van der Waals surface area (Å²) in [5.74, 6) is -0.806. The van der Waals surface area contributed by atoms with Crippen LogP contribution in [0, 0.1) is 0 Å². The van der Waals surface area contributed by atoms with Gasteiger partial charge in [-0.1, -0.05) is 11.6 Å². The lowest BCUT2D eigenvalue weighted by atomic mass is 10.2. The van der Waals surface area contributed by atoms with E-state index < -0.39 is 18.6 Å². The first kappa shape index (κ1) is 12.8. The number of H-pyrrole nitrogens is 1. The van der Waals surface area contributed by atoms with Gasteiger partial charge in [-0.2, -0.15) is 13.2 Å². The van der Waals surface area contributed by atoms with E-state index in [1.807, 2.05) is 0 Å². The maximum atomic E-state index is 11.9. The summed E-state index contributed by atoms with van der Waals surface area (Å²) < 4.78 is 35.8. The Morgan fingerprint density at radius 2 is 2.06 bits per heavy atom. The summed E-state index contributed by atoms with van der Waals surface area (Å²) in [7, 11) is 0. The van der Waals surface area contributed by atoms with Crippen molar-refractivity contribution in [2.24, 2.45) is 0 Å². The molecule has 0 saturated carbocycles. The van der Waals surface area contributed by atoms with E-state index in [4.69, 9.17) is 11.6 Å². The van der Waals surface area contributed by atoms with Gasteiger partial charge in [-0.3, -0.25) is 4.79 Å². The smallest absolute Gasteiger partial charge is 0.351 e. The van der Waals surface area contributed by atoms with Gasteiger partial charge in [-0.25, -0.2) is 0 Å². The predicted octanol–water partition coefficient (Wildman–Crippen LogP) is 3.11. The van der Waals surface area contributed by atoms with E-state index >= 15 is 0 Å². The number of benzene rings is 1. The molecule has 2 rings (SSSR count). The third-order valence-electron chi connectivity index (χ3n) is 2.28. The Kier molecular flexibility index (Phi) is 3.21. The van der Waals surface area contributed by atoms with Crippen LogP contribution in [0.2, 0.25) is 5.02 Å². The van der Waals surface area contributed by atoms with Crippen molar-refractivity contribution < 1.29 is 18.0 Å². The fraction of sp³-hybridized carbons (Fsp3) is 0.182. The van der Waals surface area contributed by atoms with Crippen LogP contribution in [0.25, 0.3) is 10.9 Å². The number of aromatic nitrogens is 1. The number of nitrogens with one attached hydrogen (secondary N) is 2. The number of carbonyl (C=O) groups excluding carboxylic acids is 1. The van der Waals surface area contributed by atoms with Gasteiger partial charge >= 0.3 is 6.18 Å². The largest absolute Gasteiger partial charge is 0.405 e. The van der Waals surface area contributed by atoms with Crippen LogP contribution in [0.5, 0.6) is 0 Å². The van der Waals surface area contributed by atoms with Crippen molar-refractivity contribution in [3.63, 3.8) is 0 Å². The third-order valence-corrected chi connectivity index (χ3v) is 2.51. The maximum absolute atomic E-state index is 11.9. The normalized spacial score (nSPS) is 11.8. The summed E-state index contributed by atoms with van der Waals surface area (Å²) in [6.45, 7) is -1.36.